The molecule has 0 saturated heterocycles. The smallest absolute Gasteiger partial charge is 0.339 e. The fourth-order valence-corrected chi connectivity index (χ4v) is 1.96. The van der Waals surface area contributed by atoms with Crippen molar-refractivity contribution < 1.29 is 14.3 Å². The molecule has 0 aliphatic carbocycles. The van der Waals surface area contributed by atoms with Gasteiger partial charge >= 0.3 is 5.97 Å². The number of benzene rings is 1. The molecule has 0 fully saturated rings. The molecule has 0 saturated carbocycles. The van der Waals surface area contributed by atoms with Gasteiger partial charge < -0.3 is 15.8 Å². The van der Waals surface area contributed by atoms with Gasteiger partial charge in [-0.3, -0.25) is 4.79 Å². The normalized spacial score (nSPS) is 10.4. The topological polar surface area (TPSA) is 81.4 Å². The van der Waals surface area contributed by atoms with Crippen LogP contribution in [0.4, 0.5) is 5.69 Å². The van der Waals surface area contributed by atoms with Crippen LogP contribution in [0.1, 0.15) is 29.8 Å². The quantitative estimate of drug-likeness (QED) is 0.654. The van der Waals surface area contributed by atoms with Crippen LogP contribution in [0.15, 0.2) is 16.6 Å². The van der Waals surface area contributed by atoms with E-state index in [1.165, 1.54) is 0 Å². The zero-order valence-corrected chi connectivity index (χ0v) is 12.7. The Morgan fingerprint density at radius 3 is 2.63 bits per heavy atom. The van der Waals surface area contributed by atoms with Crippen LogP contribution in [0.2, 0.25) is 0 Å². The SMILES string of the molecule is Cc1c(N)cc(Br)cc1C(=O)OCC(=O)NC(C)C. The molecule has 19 heavy (non-hydrogen) atoms. The molecule has 3 N–H and O–H groups in total. The van der Waals surface area contributed by atoms with Crippen LogP contribution in [-0.4, -0.2) is 24.5 Å². The lowest BCUT2D eigenvalue weighted by molar-refractivity contribution is -0.124. The molecule has 1 aromatic rings. The van der Waals surface area contributed by atoms with Crippen molar-refractivity contribution in [1.82, 2.24) is 5.32 Å². The standard InChI is InChI=1S/C13H17BrN2O3/c1-7(2)16-12(17)6-19-13(18)10-4-9(14)5-11(15)8(10)3/h4-5,7H,6,15H2,1-3H3,(H,16,17). The lowest BCUT2D eigenvalue weighted by Crippen LogP contribution is -2.34. The highest BCUT2D eigenvalue weighted by Crippen LogP contribution is 2.23. The maximum atomic E-state index is 11.9. The molecular weight excluding hydrogens is 312 g/mol. The van der Waals surface area contributed by atoms with Crippen LogP contribution in [-0.2, 0) is 9.53 Å². The summed E-state index contributed by atoms with van der Waals surface area (Å²) in [5.74, 6) is -0.895. The molecule has 0 spiro atoms. The lowest BCUT2D eigenvalue weighted by Gasteiger charge is -2.11. The Labute approximate surface area is 120 Å². The van der Waals surface area contributed by atoms with Crippen molar-refractivity contribution in [3.05, 3.63) is 27.7 Å². The summed E-state index contributed by atoms with van der Waals surface area (Å²) >= 11 is 3.26. The van der Waals surface area contributed by atoms with Gasteiger partial charge in [0.15, 0.2) is 6.61 Å². The predicted octanol–water partition coefficient (Wildman–Crippen LogP) is 2.02. The Bertz CT molecular complexity index is 501. The van der Waals surface area contributed by atoms with Crippen LogP contribution >= 0.6 is 15.9 Å². The number of carbonyl (C=O) groups excluding carboxylic acids is 2. The third kappa shape index (κ3) is 4.55. The molecule has 0 aliphatic heterocycles. The monoisotopic (exact) mass is 328 g/mol. The first-order valence-electron chi connectivity index (χ1n) is 5.83. The minimum atomic E-state index is -0.565. The first-order valence-corrected chi connectivity index (χ1v) is 6.62. The van der Waals surface area contributed by atoms with E-state index in [0.29, 0.717) is 21.3 Å². The number of carbonyl (C=O) groups is 2. The molecule has 1 amide bonds. The highest BCUT2D eigenvalue weighted by Gasteiger charge is 2.15. The molecule has 0 unspecified atom stereocenters. The minimum Gasteiger partial charge on any atom is -0.452 e. The van der Waals surface area contributed by atoms with Crippen molar-refractivity contribution in [2.24, 2.45) is 0 Å². The number of halogens is 1. The van der Waals surface area contributed by atoms with E-state index in [1.54, 1.807) is 19.1 Å². The van der Waals surface area contributed by atoms with Gasteiger partial charge in [0.05, 0.1) is 5.56 Å². The Morgan fingerprint density at radius 1 is 1.42 bits per heavy atom. The lowest BCUT2D eigenvalue weighted by atomic mass is 10.1. The van der Waals surface area contributed by atoms with Gasteiger partial charge in [0.25, 0.3) is 5.91 Å². The summed E-state index contributed by atoms with van der Waals surface area (Å²) in [5, 5.41) is 2.64. The number of nitrogens with one attached hydrogen (secondary N) is 1. The van der Waals surface area contributed by atoms with Crippen molar-refractivity contribution in [3.8, 4) is 0 Å². The molecule has 5 nitrogen and oxygen atoms in total. The first kappa shape index (κ1) is 15.5. The van der Waals surface area contributed by atoms with E-state index in [0.717, 1.165) is 0 Å². The largest absolute Gasteiger partial charge is 0.452 e. The molecule has 1 rings (SSSR count). The highest BCUT2D eigenvalue weighted by atomic mass is 79.9. The summed E-state index contributed by atoms with van der Waals surface area (Å²) < 4.78 is 5.64. The molecular formula is C13H17BrN2O3. The van der Waals surface area contributed by atoms with Gasteiger partial charge in [-0.05, 0) is 38.5 Å². The van der Waals surface area contributed by atoms with Crippen LogP contribution in [0, 0.1) is 6.92 Å². The summed E-state index contributed by atoms with van der Waals surface area (Å²) in [4.78, 5) is 23.3. The Hall–Kier alpha value is -1.56. The molecule has 0 aliphatic rings. The second-order valence-corrected chi connectivity index (χ2v) is 5.38. The van der Waals surface area contributed by atoms with E-state index >= 15 is 0 Å². The number of rotatable bonds is 4. The zero-order valence-electron chi connectivity index (χ0n) is 11.1. The van der Waals surface area contributed by atoms with Gasteiger partial charge in [0.2, 0.25) is 0 Å². The third-order valence-electron chi connectivity index (χ3n) is 2.42. The first-order chi connectivity index (χ1) is 8.81. The van der Waals surface area contributed by atoms with Crippen molar-refractivity contribution in [2.75, 3.05) is 12.3 Å². The fourth-order valence-electron chi connectivity index (χ4n) is 1.48. The summed E-state index contributed by atoms with van der Waals surface area (Å²) in [6.07, 6.45) is 0. The Kier molecular flexibility index (Phi) is 5.35. The Balaban J connectivity index is 2.72. The maximum Gasteiger partial charge on any atom is 0.339 e. The summed E-state index contributed by atoms with van der Waals surface area (Å²) in [7, 11) is 0. The van der Waals surface area contributed by atoms with E-state index in [-0.39, 0.29) is 18.6 Å². The van der Waals surface area contributed by atoms with Crippen LogP contribution < -0.4 is 11.1 Å². The highest BCUT2D eigenvalue weighted by molar-refractivity contribution is 9.10. The zero-order chi connectivity index (χ0) is 14.6. The third-order valence-corrected chi connectivity index (χ3v) is 2.87. The van der Waals surface area contributed by atoms with Crippen molar-refractivity contribution in [1.29, 1.82) is 0 Å². The maximum absolute atomic E-state index is 11.9. The second kappa shape index (κ2) is 6.56. The predicted molar refractivity (Wildman–Crippen MR) is 76.9 cm³/mol. The van der Waals surface area contributed by atoms with Gasteiger partial charge in [0, 0.05) is 16.2 Å². The van der Waals surface area contributed by atoms with E-state index < -0.39 is 5.97 Å². The van der Waals surface area contributed by atoms with Gasteiger partial charge in [0.1, 0.15) is 0 Å². The Morgan fingerprint density at radius 2 is 2.05 bits per heavy atom. The number of hydrogen-bond donors (Lipinski definition) is 2. The van der Waals surface area contributed by atoms with Crippen molar-refractivity contribution in [2.45, 2.75) is 26.8 Å². The van der Waals surface area contributed by atoms with Crippen LogP contribution in [0.3, 0.4) is 0 Å². The molecule has 1 aromatic carbocycles. The van der Waals surface area contributed by atoms with Crippen LogP contribution in [0.25, 0.3) is 0 Å². The number of hydrogen-bond acceptors (Lipinski definition) is 4. The van der Waals surface area contributed by atoms with E-state index in [4.69, 9.17) is 10.5 Å². The molecule has 104 valence electrons. The summed E-state index contributed by atoms with van der Waals surface area (Å²) in [6.45, 7) is 5.09. The number of nitrogen functional groups attached to an aromatic ring is 1. The number of nitrogens with two attached hydrogens (primary N) is 1. The number of ether oxygens (including phenoxy) is 1. The molecule has 0 aromatic heterocycles. The number of esters is 1. The minimum absolute atomic E-state index is 0.00875. The number of anilines is 1. The average Bonchev–Trinajstić information content (AvgIpc) is 2.29. The van der Waals surface area contributed by atoms with Gasteiger partial charge in [-0.15, -0.1) is 0 Å². The average molecular weight is 329 g/mol. The van der Waals surface area contributed by atoms with Gasteiger partial charge in [-0.2, -0.15) is 0 Å². The van der Waals surface area contributed by atoms with Crippen molar-refractivity contribution in [3.63, 3.8) is 0 Å². The number of amides is 1. The van der Waals surface area contributed by atoms with E-state index in [2.05, 4.69) is 21.2 Å². The molecule has 6 heteroatoms. The molecule has 0 bridgehead atoms. The van der Waals surface area contributed by atoms with E-state index in [1.807, 2.05) is 13.8 Å². The van der Waals surface area contributed by atoms with Crippen molar-refractivity contribution >= 4 is 33.5 Å². The molecule has 0 atom stereocenters. The molecule has 0 heterocycles. The fraction of sp³-hybridized carbons (Fsp3) is 0.385. The van der Waals surface area contributed by atoms with Gasteiger partial charge in [-0.1, -0.05) is 15.9 Å². The summed E-state index contributed by atoms with van der Waals surface area (Å²) in [6, 6.07) is 3.33. The van der Waals surface area contributed by atoms with E-state index in [9.17, 15) is 9.59 Å². The summed E-state index contributed by atoms with van der Waals surface area (Å²) in [5.41, 5.74) is 7.25. The van der Waals surface area contributed by atoms with Gasteiger partial charge in [-0.25, -0.2) is 4.79 Å². The second-order valence-electron chi connectivity index (χ2n) is 4.47. The van der Waals surface area contributed by atoms with Crippen LogP contribution in [0.5, 0.6) is 0 Å². The molecule has 0 radical (unpaired) electrons.